The van der Waals surface area contributed by atoms with Gasteiger partial charge in [-0.05, 0) is 29.7 Å². The van der Waals surface area contributed by atoms with E-state index in [0.29, 0.717) is 12.0 Å². The zero-order chi connectivity index (χ0) is 20.3. The first kappa shape index (κ1) is 19.9. The Morgan fingerprint density at radius 2 is 2.04 bits per heavy atom. The van der Waals surface area contributed by atoms with Crippen molar-refractivity contribution in [1.82, 2.24) is 14.8 Å². The van der Waals surface area contributed by atoms with Crippen LogP contribution in [0.5, 0.6) is 0 Å². The molecule has 0 aliphatic heterocycles. The number of anilines is 1. The molecule has 0 spiro atoms. The molecule has 0 unspecified atom stereocenters. The smallest absolute Gasteiger partial charge is 0.305 e. The topological polar surface area (TPSA) is 59.8 Å². The molecule has 0 fully saturated rings. The Labute approximate surface area is 164 Å². The maximum Gasteiger partial charge on any atom is 0.416 e. The van der Waals surface area contributed by atoms with Crippen LogP contribution in [0.1, 0.15) is 34.0 Å². The third kappa shape index (κ3) is 4.51. The maximum atomic E-state index is 13.4. The lowest BCUT2D eigenvalue weighted by Crippen LogP contribution is -2.14. The van der Waals surface area contributed by atoms with Crippen molar-refractivity contribution in [3.63, 3.8) is 0 Å². The minimum Gasteiger partial charge on any atom is -0.305 e. The molecule has 28 heavy (non-hydrogen) atoms. The molecule has 3 aromatic rings. The van der Waals surface area contributed by atoms with Crippen LogP contribution < -0.4 is 5.32 Å². The third-order valence-corrected chi connectivity index (χ3v) is 4.42. The van der Waals surface area contributed by atoms with E-state index >= 15 is 0 Å². The summed E-state index contributed by atoms with van der Waals surface area (Å²) in [6.07, 6.45) is 0.324. The molecule has 0 saturated carbocycles. The van der Waals surface area contributed by atoms with Crippen molar-refractivity contribution in [2.45, 2.75) is 26.1 Å². The number of aromatic nitrogens is 3. The van der Waals surface area contributed by atoms with Gasteiger partial charge < -0.3 is 5.32 Å². The molecule has 9 heteroatoms. The van der Waals surface area contributed by atoms with Gasteiger partial charge in [0.2, 0.25) is 0 Å². The second-order valence-corrected chi connectivity index (χ2v) is 6.46. The highest BCUT2D eigenvalue weighted by Gasteiger charge is 2.33. The number of pyridine rings is 1. The summed E-state index contributed by atoms with van der Waals surface area (Å²) in [7, 11) is 0. The summed E-state index contributed by atoms with van der Waals surface area (Å²) < 4.78 is 41.4. The van der Waals surface area contributed by atoms with E-state index < -0.39 is 17.6 Å². The van der Waals surface area contributed by atoms with Crippen molar-refractivity contribution in [1.29, 1.82) is 0 Å². The Morgan fingerprint density at radius 3 is 2.71 bits per heavy atom. The van der Waals surface area contributed by atoms with Gasteiger partial charge in [-0.1, -0.05) is 30.7 Å². The summed E-state index contributed by atoms with van der Waals surface area (Å²) in [4.78, 5) is 16.0. The lowest BCUT2D eigenvalue weighted by atomic mass is 10.0. The van der Waals surface area contributed by atoms with Crippen molar-refractivity contribution in [2.75, 3.05) is 5.32 Å². The van der Waals surface area contributed by atoms with Gasteiger partial charge in [0.25, 0.3) is 5.91 Å². The maximum absolute atomic E-state index is 13.4. The fraction of sp³-hybridized carbons (Fsp3) is 0.211. The first-order valence-electron chi connectivity index (χ1n) is 8.41. The lowest BCUT2D eigenvalue weighted by Gasteiger charge is -2.14. The molecule has 0 bridgehead atoms. The van der Waals surface area contributed by atoms with E-state index in [-0.39, 0.29) is 28.5 Å². The van der Waals surface area contributed by atoms with Crippen LogP contribution in [0.3, 0.4) is 0 Å². The van der Waals surface area contributed by atoms with E-state index in [1.165, 1.54) is 41.5 Å². The Balaban J connectivity index is 1.78. The van der Waals surface area contributed by atoms with Crippen LogP contribution in [-0.2, 0) is 19.1 Å². The minimum absolute atomic E-state index is 0.0786. The number of hydrogen-bond acceptors (Lipinski definition) is 3. The number of halogens is 4. The summed E-state index contributed by atoms with van der Waals surface area (Å²) in [5.74, 6) is -0.280. The highest BCUT2D eigenvalue weighted by atomic mass is 35.5. The highest BCUT2D eigenvalue weighted by Crippen LogP contribution is 2.33. The summed E-state index contributed by atoms with van der Waals surface area (Å²) in [5.41, 5.74) is 0.249. The molecule has 0 saturated heterocycles. The molecular weight excluding hydrogens is 393 g/mol. The molecule has 1 N–H and O–H groups in total. The number of aryl methyl sites for hydroxylation is 1. The average molecular weight is 409 g/mol. The van der Waals surface area contributed by atoms with Gasteiger partial charge in [0.1, 0.15) is 0 Å². The van der Waals surface area contributed by atoms with Crippen LogP contribution in [0, 0.1) is 0 Å². The second kappa shape index (κ2) is 8.02. The lowest BCUT2D eigenvalue weighted by molar-refractivity contribution is -0.138. The highest BCUT2D eigenvalue weighted by molar-refractivity contribution is 6.34. The number of nitrogens with one attached hydrogen (secondary N) is 1. The summed E-state index contributed by atoms with van der Waals surface area (Å²) in [6.45, 7) is 1.72. The molecular formula is C19H16ClF3N4O. The summed E-state index contributed by atoms with van der Waals surface area (Å²) in [5, 5.41) is 6.87. The standard InChI is InChI=1S/C19H16ClF3N4O/c1-2-12-3-4-13(15(9-12)19(21,22)23)11-27-8-6-17(26-27)25-18(28)14-5-7-24-10-16(14)20/h3-10H,2,11H2,1H3,(H,25,26,28). The van der Waals surface area contributed by atoms with E-state index in [0.717, 1.165) is 6.07 Å². The molecule has 0 radical (unpaired) electrons. The Morgan fingerprint density at radius 1 is 1.25 bits per heavy atom. The van der Waals surface area contributed by atoms with Gasteiger partial charge in [0.05, 0.1) is 22.7 Å². The molecule has 1 amide bonds. The van der Waals surface area contributed by atoms with E-state index in [9.17, 15) is 18.0 Å². The Kier molecular flexibility index (Phi) is 5.69. The molecule has 2 aromatic heterocycles. The largest absolute Gasteiger partial charge is 0.416 e. The predicted octanol–water partition coefficient (Wildman–Crippen LogP) is 4.81. The van der Waals surface area contributed by atoms with Crippen molar-refractivity contribution < 1.29 is 18.0 Å². The van der Waals surface area contributed by atoms with Gasteiger partial charge in [0.15, 0.2) is 5.82 Å². The predicted molar refractivity (Wildman–Crippen MR) is 99.4 cm³/mol. The normalized spacial score (nSPS) is 11.5. The quantitative estimate of drug-likeness (QED) is 0.658. The van der Waals surface area contributed by atoms with E-state index in [2.05, 4.69) is 15.4 Å². The van der Waals surface area contributed by atoms with Crippen molar-refractivity contribution in [3.8, 4) is 0 Å². The number of benzene rings is 1. The van der Waals surface area contributed by atoms with Gasteiger partial charge in [0, 0.05) is 24.7 Å². The number of carbonyl (C=O) groups excluding carboxylic acids is 1. The van der Waals surface area contributed by atoms with Gasteiger partial charge in [-0.15, -0.1) is 0 Å². The first-order valence-corrected chi connectivity index (χ1v) is 8.79. The SMILES string of the molecule is CCc1ccc(Cn2ccc(NC(=O)c3ccncc3Cl)n2)c(C(F)(F)F)c1. The first-order chi connectivity index (χ1) is 13.3. The molecule has 0 aliphatic rings. The van der Waals surface area contributed by atoms with Crippen LogP contribution in [0.15, 0.2) is 48.9 Å². The van der Waals surface area contributed by atoms with E-state index in [1.54, 1.807) is 13.0 Å². The zero-order valence-corrected chi connectivity index (χ0v) is 15.6. The van der Waals surface area contributed by atoms with Crippen LogP contribution in [0.25, 0.3) is 0 Å². The fourth-order valence-corrected chi connectivity index (χ4v) is 2.88. The molecule has 1 aromatic carbocycles. The van der Waals surface area contributed by atoms with Crippen LogP contribution >= 0.6 is 11.6 Å². The van der Waals surface area contributed by atoms with Gasteiger partial charge in [-0.3, -0.25) is 14.5 Å². The number of alkyl halides is 3. The van der Waals surface area contributed by atoms with Crippen molar-refractivity contribution in [3.05, 3.63) is 76.2 Å². The Bertz CT molecular complexity index is 1000. The van der Waals surface area contributed by atoms with Crippen LogP contribution in [-0.4, -0.2) is 20.7 Å². The number of amides is 1. The molecule has 0 atom stereocenters. The number of hydrogen-bond donors (Lipinski definition) is 1. The van der Waals surface area contributed by atoms with E-state index in [4.69, 9.17) is 11.6 Å². The van der Waals surface area contributed by atoms with Gasteiger partial charge in [-0.25, -0.2) is 0 Å². The minimum atomic E-state index is -4.46. The zero-order valence-electron chi connectivity index (χ0n) is 14.8. The summed E-state index contributed by atoms with van der Waals surface area (Å²) >= 11 is 5.93. The van der Waals surface area contributed by atoms with Crippen LogP contribution in [0.4, 0.5) is 19.0 Å². The Hall–Kier alpha value is -2.87. The van der Waals surface area contributed by atoms with Gasteiger partial charge >= 0.3 is 6.18 Å². The molecule has 5 nitrogen and oxygen atoms in total. The third-order valence-electron chi connectivity index (χ3n) is 4.12. The van der Waals surface area contributed by atoms with Crippen LogP contribution in [0.2, 0.25) is 5.02 Å². The number of nitrogens with zero attached hydrogens (tertiary/aromatic N) is 3. The van der Waals surface area contributed by atoms with Crippen molar-refractivity contribution in [2.24, 2.45) is 0 Å². The summed E-state index contributed by atoms with van der Waals surface area (Å²) in [6, 6.07) is 7.24. The molecule has 146 valence electrons. The monoisotopic (exact) mass is 408 g/mol. The second-order valence-electron chi connectivity index (χ2n) is 6.05. The van der Waals surface area contributed by atoms with Crippen molar-refractivity contribution >= 4 is 23.3 Å². The van der Waals surface area contributed by atoms with E-state index in [1.807, 2.05) is 0 Å². The molecule has 0 aliphatic carbocycles. The fourth-order valence-electron chi connectivity index (χ4n) is 2.68. The average Bonchev–Trinajstić information content (AvgIpc) is 3.08. The number of carbonyl (C=O) groups is 1. The van der Waals surface area contributed by atoms with Gasteiger partial charge in [-0.2, -0.15) is 18.3 Å². The number of rotatable bonds is 5. The molecule has 3 rings (SSSR count). The molecule has 2 heterocycles.